The molecule has 96 valence electrons. The van der Waals surface area contributed by atoms with E-state index in [-0.39, 0.29) is 11.7 Å². The molecule has 0 radical (unpaired) electrons. The Morgan fingerprint density at radius 1 is 1.24 bits per heavy atom. The molecule has 0 bridgehead atoms. The van der Waals surface area contributed by atoms with Gasteiger partial charge in [-0.3, -0.25) is 0 Å². The van der Waals surface area contributed by atoms with E-state index in [4.69, 9.17) is 4.74 Å². The topological polar surface area (TPSA) is 21.3 Å². The fourth-order valence-corrected chi connectivity index (χ4v) is 1.86. The van der Waals surface area contributed by atoms with Crippen LogP contribution in [0.4, 0.5) is 0 Å². The van der Waals surface area contributed by atoms with E-state index in [2.05, 4.69) is 57.3 Å². The van der Waals surface area contributed by atoms with Crippen molar-refractivity contribution < 1.29 is 4.74 Å². The highest BCUT2D eigenvalue weighted by Gasteiger charge is 2.25. The SMILES string of the molecule is CCNCC(C)(CC)OC(C)c1ccccc1. The number of ether oxygens (including phenoxy) is 1. The maximum Gasteiger partial charge on any atom is 0.0804 e. The first-order valence-corrected chi connectivity index (χ1v) is 6.54. The van der Waals surface area contributed by atoms with Crippen molar-refractivity contribution >= 4 is 0 Å². The summed E-state index contributed by atoms with van der Waals surface area (Å²) in [4.78, 5) is 0. The first-order valence-electron chi connectivity index (χ1n) is 6.54. The number of hydrogen-bond acceptors (Lipinski definition) is 2. The summed E-state index contributed by atoms with van der Waals surface area (Å²) in [5, 5.41) is 3.37. The third-order valence-corrected chi connectivity index (χ3v) is 3.23. The second-order valence-electron chi connectivity index (χ2n) is 4.75. The molecule has 1 rings (SSSR count). The van der Waals surface area contributed by atoms with Crippen LogP contribution in [0.25, 0.3) is 0 Å². The maximum atomic E-state index is 6.21. The van der Waals surface area contributed by atoms with Gasteiger partial charge in [0.2, 0.25) is 0 Å². The molecule has 1 N–H and O–H groups in total. The van der Waals surface area contributed by atoms with Gasteiger partial charge in [-0.05, 0) is 32.4 Å². The first kappa shape index (κ1) is 14.2. The summed E-state index contributed by atoms with van der Waals surface area (Å²) in [7, 11) is 0. The molecule has 0 amide bonds. The lowest BCUT2D eigenvalue weighted by atomic mass is 10.0. The lowest BCUT2D eigenvalue weighted by Gasteiger charge is -2.32. The number of hydrogen-bond donors (Lipinski definition) is 1. The number of nitrogens with one attached hydrogen (secondary N) is 1. The maximum absolute atomic E-state index is 6.21. The van der Waals surface area contributed by atoms with Gasteiger partial charge in [0.1, 0.15) is 0 Å². The predicted octanol–water partition coefficient (Wildman–Crippen LogP) is 3.54. The van der Waals surface area contributed by atoms with Gasteiger partial charge in [0, 0.05) is 6.54 Å². The molecule has 1 aromatic rings. The molecule has 0 aliphatic carbocycles. The molecule has 0 saturated carbocycles. The molecule has 0 aliphatic rings. The zero-order valence-electron chi connectivity index (χ0n) is 11.5. The Bertz CT molecular complexity index is 312. The Balaban J connectivity index is 2.61. The predicted molar refractivity (Wildman–Crippen MR) is 73.2 cm³/mol. The van der Waals surface area contributed by atoms with Crippen LogP contribution in [-0.2, 0) is 4.74 Å². The second-order valence-corrected chi connectivity index (χ2v) is 4.75. The molecule has 0 saturated heterocycles. The van der Waals surface area contributed by atoms with Crippen molar-refractivity contribution in [2.75, 3.05) is 13.1 Å². The van der Waals surface area contributed by atoms with Crippen molar-refractivity contribution in [2.24, 2.45) is 0 Å². The third kappa shape index (κ3) is 4.49. The quantitative estimate of drug-likeness (QED) is 0.780. The zero-order chi connectivity index (χ0) is 12.7. The van der Waals surface area contributed by atoms with Gasteiger partial charge >= 0.3 is 0 Å². The molecule has 0 heterocycles. The van der Waals surface area contributed by atoms with Gasteiger partial charge in [0.25, 0.3) is 0 Å². The van der Waals surface area contributed by atoms with Gasteiger partial charge in [-0.15, -0.1) is 0 Å². The fraction of sp³-hybridized carbons (Fsp3) is 0.600. The summed E-state index contributed by atoms with van der Waals surface area (Å²) in [6, 6.07) is 10.4. The Kier molecular flexibility index (Phi) is 5.66. The summed E-state index contributed by atoms with van der Waals surface area (Å²) >= 11 is 0. The monoisotopic (exact) mass is 235 g/mol. The van der Waals surface area contributed by atoms with Gasteiger partial charge in [-0.1, -0.05) is 44.2 Å². The van der Waals surface area contributed by atoms with Crippen molar-refractivity contribution in [1.82, 2.24) is 5.32 Å². The Hall–Kier alpha value is -0.860. The number of benzene rings is 1. The Morgan fingerprint density at radius 3 is 2.41 bits per heavy atom. The van der Waals surface area contributed by atoms with E-state index in [1.54, 1.807) is 0 Å². The highest BCUT2D eigenvalue weighted by molar-refractivity contribution is 5.17. The minimum Gasteiger partial charge on any atom is -0.366 e. The molecule has 17 heavy (non-hydrogen) atoms. The summed E-state index contributed by atoms with van der Waals surface area (Å²) in [6.45, 7) is 10.5. The molecular formula is C15H25NO. The lowest BCUT2D eigenvalue weighted by Crippen LogP contribution is -2.40. The highest BCUT2D eigenvalue weighted by atomic mass is 16.5. The molecule has 2 unspecified atom stereocenters. The van der Waals surface area contributed by atoms with Crippen molar-refractivity contribution in [3.8, 4) is 0 Å². The number of likely N-dealkylation sites (N-methyl/N-ethyl adjacent to an activating group) is 1. The molecule has 2 atom stereocenters. The van der Waals surface area contributed by atoms with Crippen molar-refractivity contribution in [3.63, 3.8) is 0 Å². The van der Waals surface area contributed by atoms with Crippen LogP contribution in [0.1, 0.15) is 45.8 Å². The van der Waals surface area contributed by atoms with Crippen LogP contribution in [0.5, 0.6) is 0 Å². The zero-order valence-corrected chi connectivity index (χ0v) is 11.5. The molecule has 2 heteroatoms. The average Bonchev–Trinajstić information content (AvgIpc) is 2.37. The van der Waals surface area contributed by atoms with Gasteiger partial charge < -0.3 is 10.1 Å². The molecule has 1 aromatic carbocycles. The van der Waals surface area contributed by atoms with Crippen LogP contribution < -0.4 is 5.32 Å². The van der Waals surface area contributed by atoms with E-state index < -0.39 is 0 Å². The van der Waals surface area contributed by atoms with E-state index in [1.807, 2.05) is 6.07 Å². The van der Waals surface area contributed by atoms with Crippen LogP contribution >= 0.6 is 0 Å². The molecular weight excluding hydrogens is 210 g/mol. The largest absolute Gasteiger partial charge is 0.366 e. The van der Waals surface area contributed by atoms with E-state index in [0.29, 0.717) is 0 Å². The summed E-state index contributed by atoms with van der Waals surface area (Å²) < 4.78 is 6.21. The van der Waals surface area contributed by atoms with E-state index >= 15 is 0 Å². The summed E-state index contributed by atoms with van der Waals surface area (Å²) in [5.41, 5.74) is 1.15. The van der Waals surface area contributed by atoms with Gasteiger partial charge in [-0.2, -0.15) is 0 Å². The smallest absolute Gasteiger partial charge is 0.0804 e. The molecule has 0 aliphatic heterocycles. The number of rotatable bonds is 7. The minimum atomic E-state index is -0.0920. The van der Waals surface area contributed by atoms with E-state index in [0.717, 1.165) is 19.5 Å². The van der Waals surface area contributed by atoms with E-state index in [9.17, 15) is 0 Å². The highest BCUT2D eigenvalue weighted by Crippen LogP contribution is 2.25. The third-order valence-electron chi connectivity index (χ3n) is 3.23. The molecule has 0 aromatic heterocycles. The average molecular weight is 235 g/mol. The fourth-order valence-electron chi connectivity index (χ4n) is 1.86. The van der Waals surface area contributed by atoms with Crippen LogP contribution in [0.15, 0.2) is 30.3 Å². The Morgan fingerprint density at radius 2 is 1.88 bits per heavy atom. The van der Waals surface area contributed by atoms with Crippen LogP contribution in [-0.4, -0.2) is 18.7 Å². The van der Waals surface area contributed by atoms with Crippen molar-refractivity contribution in [3.05, 3.63) is 35.9 Å². The lowest BCUT2D eigenvalue weighted by molar-refractivity contribution is -0.0778. The molecule has 0 fully saturated rings. The molecule has 0 spiro atoms. The van der Waals surface area contributed by atoms with Crippen molar-refractivity contribution in [2.45, 2.75) is 45.8 Å². The van der Waals surface area contributed by atoms with Gasteiger partial charge in [0.15, 0.2) is 0 Å². The standard InChI is InChI=1S/C15H25NO/c1-5-15(4,12-16-6-2)17-13(3)14-10-8-7-9-11-14/h7-11,13,16H,5-6,12H2,1-4H3. The Labute approximate surface area is 105 Å². The van der Waals surface area contributed by atoms with Gasteiger partial charge in [-0.25, -0.2) is 0 Å². The van der Waals surface area contributed by atoms with Crippen LogP contribution in [0, 0.1) is 0 Å². The van der Waals surface area contributed by atoms with Gasteiger partial charge in [0.05, 0.1) is 11.7 Å². The van der Waals surface area contributed by atoms with Crippen LogP contribution in [0.2, 0.25) is 0 Å². The van der Waals surface area contributed by atoms with Crippen molar-refractivity contribution in [1.29, 1.82) is 0 Å². The van der Waals surface area contributed by atoms with Crippen LogP contribution in [0.3, 0.4) is 0 Å². The second kappa shape index (κ2) is 6.77. The summed E-state index contributed by atoms with van der Waals surface area (Å²) in [5.74, 6) is 0. The minimum absolute atomic E-state index is 0.0920. The van der Waals surface area contributed by atoms with E-state index in [1.165, 1.54) is 5.56 Å². The first-order chi connectivity index (χ1) is 8.11. The molecule has 2 nitrogen and oxygen atoms in total. The normalized spacial score (nSPS) is 16.5. The summed E-state index contributed by atoms with van der Waals surface area (Å²) in [6.07, 6.45) is 1.15.